The van der Waals surface area contributed by atoms with Crippen molar-refractivity contribution in [3.8, 4) is 12.1 Å². The van der Waals surface area contributed by atoms with Gasteiger partial charge < -0.3 is 39.4 Å². The van der Waals surface area contributed by atoms with E-state index in [1.807, 2.05) is 60.9 Å². The fraction of sp³-hybridized carbons (Fsp3) is 0.444. The number of carbonyl (C=O) groups excluding carboxylic acids is 2. The lowest BCUT2D eigenvalue weighted by molar-refractivity contribution is 0.100. The molecule has 6 aliphatic rings. The second-order valence-corrected chi connectivity index (χ2v) is 20.1. The Morgan fingerprint density at radius 1 is 0.544 bits per heavy atom. The van der Waals surface area contributed by atoms with E-state index in [4.69, 9.17) is 9.97 Å². The predicted molar refractivity (Wildman–Crippen MR) is 267 cm³/mol. The van der Waals surface area contributed by atoms with Gasteiger partial charge in [0, 0.05) is 121 Å². The van der Waals surface area contributed by atoms with Crippen LogP contribution in [-0.4, -0.2) is 107 Å². The van der Waals surface area contributed by atoms with Gasteiger partial charge in [0.1, 0.15) is 35.1 Å². The van der Waals surface area contributed by atoms with Gasteiger partial charge in [-0.25, -0.2) is 9.97 Å². The molecule has 4 aromatic heterocycles. The highest BCUT2D eigenvalue weighted by Gasteiger charge is 2.48. The van der Waals surface area contributed by atoms with E-state index in [0.717, 1.165) is 147 Å². The van der Waals surface area contributed by atoms with E-state index in [9.17, 15) is 20.1 Å². The molecule has 348 valence electrons. The third-order valence-electron chi connectivity index (χ3n) is 16.0. The molecule has 4 aliphatic heterocycles. The topological polar surface area (TPSA) is 154 Å². The van der Waals surface area contributed by atoms with Crippen LogP contribution in [0.15, 0.2) is 85.2 Å². The first-order valence-corrected chi connectivity index (χ1v) is 24.7. The number of benzene rings is 2. The molecule has 2 saturated carbocycles. The number of nitrogens with one attached hydrogen (secondary N) is 2. The number of nitriles is 2. The van der Waals surface area contributed by atoms with E-state index in [0.29, 0.717) is 34.3 Å². The summed E-state index contributed by atoms with van der Waals surface area (Å²) < 4.78 is 4.52. The Labute approximate surface area is 398 Å². The van der Waals surface area contributed by atoms with Gasteiger partial charge in [-0.15, -0.1) is 0 Å². The van der Waals surface area contributed by atoms with Gasteiger partial charge in [-0.3, -0.25) is 9.59 Å². The highest BCUT2D eigenvalue weighted by Crippen LogP contribution is 2.49. The van der Waals surface area contributed by atoms with E-state index in [-0.39, 0.29) is 11.6 Å². The van der Waals surface area contributed by atoms with E-state index in [1.54, 1.807) is 13.8 Å². The van der Waals surface area contributed by atoms with Crippen LogP contribution in [0.5, 0.6) is 0 Å². The third kappa shape index (κ3) is 8.13. The molecule has 0 bridgehead atoms. The minimum Gasteiger partial charge on any atom is -0.368 e. The van der Waals surface area contributed by atoms with Crippen LogP contribution in [0, 0.1) is 22.7 Å². The molecule has 0 unspecified atom stereocenters. The summed E-state index contributed by atoms with van der Waals surface area (Å²) in [5.74, 6) is 2.16. The maximum Gasteiger partial charge on any atom is 0.159 e. The minimum absolute atomic E-state index is 0.0960. The molecule has 14 nitrogen and oxygen atoms in total. The Balaban J connectivity index is 0.000000149. The molecule has 68 heavy (non-hydrogen) atoms. The van der Waals surface area contributed by atoms with Crippen molar-refractivity contribution < 1.29 is 9.59 Å². The number of anilines is 4. The van der Waals surface area contributed by atoms with E-state index in [2.05, 4.69) is 75.8 Å². The average Bonchev–Trinajstić information content (AvgIpc) is 4.19. The van der Waals surface area contributed by atoms with Crippen molar-refractivity contribution in [2.75, 3.05) is 85.0 Å². The Morgan fingerprint density at radius 2 is 0.912 bits per heavy atom. The van der Waals surface area contributed by atoms with Crippen LogP contribution in [0.1, 0.15) is 109 Å². The molecule has 8 heterocycles. The Kier molecular flexibility index (Phi) is 11.4. The number of piperazine rings is 2. The standard InChI is InChI=1S/2C27H30N6O/c2*1-19(34)20-3-5-22(6-4-20)31-11-13-32(14-12-31)25-8-7-24-21(17-28)18-33(26(24)30-25)23-15-27(16-23)9-2-10-29-27/h2*3-8,18,23,29H,2,9-16H2,1H3. The summed E-state index contributed by atoms with van der Waals surface area (Å²) in [6.07, 6.45) is 13.5. The number of hydrogen-bond donors (Lipinski definition) is 2. The molecular formula is C54H60N12O2. The molecule has 2 aliphatic carbocycles. The molecule has 2 N–H and O–H groups in total. The minimum atomic E-state index is 0.0960. The number of carbonyl (C=O) groups is 2. The lowest BCUT2D eigenvalue weighted by Crippen LogP contribution is -2.51. The van der Waals surface area contributed by atoms with Gasteiger partial charge in [-0.1, -0.05) is 0 Å². The molecule has 12 rings (SSSR count). The third-order valence-corrected chi connectivity index (χ3v) is 16.0. The molecule has 6 fully saturated rings. The molecule has 4 saturated heterocycles. The maximum atomic E-state index is 11.6. The van der Waals surface area contributed by atoms with Crippen LogP contribution in [0.25, 0.3) is 22.1 Å². The largest absolute Gasteiger partial charge is 0.368 e. The van der Waals surface area contributed by atoms with E-state index in [1.165, 1.54) is 25.7 Å². The molecule has 2 spiro atoms. The van der Waals surface area contributed by atoms with Crippen LogP contribution in [0.4, 0.5) is 23.0 Å². The molecule has 0 radical (unpaired) electrons. The number of rotatable bonds is 8. The summed E-state index contributed by atoms with van der Waals surface area (Å²) in [6.45, 7) is 12.6. The van der Waals surface area contributed by atoms with Gasteiger partial charge in [0.05, 0.1) is 11.1 Å². The van der Waals surface area contributed by atoms with Crippen molar-refractivity contribution in [1.82, 2.24) is 29.7 Å². The van der Waals surface area contributed by atoms with Crippen LogP contribution >= 0.6 is 0 Å². The van der Waals surface area contributed by atoms with Crippen LogP contribution in [-0.2, 0) is 0 Å². The van der Waals surface area contributed by atoms with Crippen molar-refractivity contribution in [1.29, 1.82) is 10.5 Å². The van der Waals surface area contributed by atoms with E-state index >= 15 is 0 Å². The lowest BCUT2D eigenvalue weighted by atomic mass is 9.71. The summed E-state index contributed by atoms with van der Waals surface area (Å²) in [6, 6.07) is 29.6. The zero-order valence-corrected chi connectivity index (χ0v) is 39.3. The van der Waals surface area contributed by atoms with E-state index < -0.39 is 0 Å². The maximum absolute atomic E-state index is 11.6. The van der Waals surface area contributed by atoms with Gasteiger partial charge >= 0.3 is 0 Å². The van der Waals surface area contributed by atoms with Crippen molar-refractivity contribution in [2.24, 2.45) is 0 Å². The summed E-state index contributed by atoms with van der Waals surface area (Å²) in [7, 11) is 0. The fourth-order valence-electron chi connectivity index (χ4n) is 12.0. The highest BCUT2D eigenvalue weighted by molar-refractivity contribution is 5.95. The number of ketones is 2. The lowest BCUT2D eigenvalue weighted by Gasteiger charge is -2.46. The monoisotopic (exact) mass is 908 g/mol. The predicted octanol–water partition coefficient (Wildman–Crippen LogP) is 7.79. The average molecular weight is 909 g/mol. The summed E-state index contributed by atoms with van der Waals surface area (Å²) in [5.41, 5.74) is 7.74. The van der Waals surface area contributed by atoms with Crippen LogP contribution in [0.2, 0.25) is 0 Å². The number of aromatic nitrogens is 4. The molecule has 14 heteroatoms. The Morgan fingerprint density at radius 3 is 1.24 bits per heavy atom. The van der Waals surface area contributed by atoms with Gasteiger partial charge in [-0.05, 0) is 151 Å². The molecule has 2 aromatic carbocycles. The number of hydrogen-bond acceptors (Lipinski definition) is 12. The summed E-state index contributed by atoms with van der Waals surface area (Å²) >= 11 is 0. The smallest absolute Gasteiger partial charge is 0.159 e. The van der Waals surface area contributed by atoms with Crippen molar-refractivity contribution >= 4 is 56.6 Å². The highest BCUT2D eigenvalue weighted by atomic mass is 16.1. The van der Waals surface area contributed by atoms with Crippen LogP contribution < -0.4 is 30.2 Å². The number of Topliss-reactive ketones (excluding diaryl/α,β-unsaturated/α-hetero) is 2. The van der Waals surface area contributed by atoms with Crippen molar-refractivity contribution in [3.05, 3.63) is 107 Å². The summed E-state index contributed by atoms with van der Waals surface area (Å²) in [4.78, 5) is 42.6. The molecular weight excluding hydrogens is 849 g/mol. The first kappa shape index (κ1) is 43.8. The second kappa shape index (κ2) is 17.7. The number of pyridine rings is 2. The van der Waals surface area contributed by atoms with Gasteiger partial charge in [0.2, 0.25) is 0 Å². The molecule has 0 amide bonds. The fourth-order valence-corrected chi connectivity index (χ4v) is 12.0. The van der Waals surface area contributed by atoms with Crippen molar-refractivity contribution in [3.63, 3.8) is 0 Å². The Hall–Kier alpha value is -6.74. The summed E-state index contributed by atoms with van der Waals surface area (Å²) in [5, 5.41) is 28.7. The Bertz CT molecular complexity index is 2730. The van der Waals surface area contributed by atoms with Gasteiger partial charge in [0.15, 0.2) is 11.6 Å². The van der Waals surface area contributed by atoms with Gasteiger partial charge in [0.25, 0.3) is 0 Å². The first-order valence-electron chi connectivity index (χ1n) is 24.7. The van der Waals surface area contributed by atoms with Gasteiger partial charge in [-0.2, -0.15) is 10.5 Å². The second-order valence-electron chi connectivity index (χ2n) is 20.1. The zero-order chi connectivity index (χ0) is 46.6. The zero-order valence-electron chi connectivity index (χ0n) is 39.3. The molecule has 0 atom stereocenters. The quantitative estimate of drug-likeness (QED) is 0.143. The van der Waals surface area contributed by atoms with Crippen LogP contribution in [0.3, 0.4) is 0 Å². The first-order chi connectivity index (χ1) is 33.1. The van der Waals surface area contributed by atoms with Crippen molar-refractivity contribution in [2.45, 2.75) is 88.4 Å². The molecule has 6 aromatic rings. The number of nitrogens with zero attached hydrogens (tertiary/aromatic N) is 10. The normalized spacial score (nSPS) is 24.4. The SMILES string of the molecule is CC(=O)c1ccc(N2CCN(c3ccc4c(C#N)cn(C5CC6(CCCN6)C5)c4n3)CC2)cc1.CC(=O)c1ccc(N2CCN(c3ccc4c(C#N)cn(C5CC6(CCCN6)C5)c4n3)CC2)cc1. The number of fused-ring (bicyclic) bond motifs is 2.